The van der Waals surface area contributed by atoms with Crippen molar-refractivity contribution >= 4 is 27.0 Å². The topological polar surface area (TPSA) is 120 Å². The normalized spacial score (nSPS) is 22.4. The van der Waals surface area contributed by atoms with Gasteiger partial charge in [-0.3, -0.25) is 4.79 Å². The van der Waals surface area contributed by atoms with Crippen molar-refractivity contribution in [2.24, 2.45) is 11.7 Å². The molecule has 2 aromatic carbocycles. The summed E-state index contributed by atoms with van der Waals surface area (Å²) in [6.07, 6.45) is 2.66. The number of sulfonamides is 1. The number of ether oxygens (including phenoxy) is 2. The average Bonchev–Trinajstić information content (AvgIpc) is 3.54. The number of hydrogen-bond acceptors (Lipinski definition) is 7. The van der Waals surface area contributed by atoms with E-state index < -0.39 is 22.0 Å². The van der Waals surface area contributed by atoms with Crippen LogP contribution >= 0.6 is 0 Å². The second-order valence-electron chi connectivity index (χ2n) is 10.3. The monoisotopic (exact) mass is 555 g/mol. The summed E-state index contributed by atoms with van der Waals surface area (Å²) in [7, 11) is -0.543. The minimum absolute atomic E-state index is 0.0745. The molecule has 3 atom stereocenters. The van der Waals surface area contributed by atoms with Gasteiger partial charge in [0, 0.05) is 58.4 Å². The second-order valence-corrected chi connectivity index (χ2v) is 12.3. The van der Waals surface area contributed by atoms with Crippen molar-refractivity contribution in [3.05, 3.63) is 54.4 Å². The summed E-state index contributed by atoms with van der Waals surface area (Å²) in [4.78, 5) is 20.7. The van der Waals surface area contributed by atoms with E-state index in [2.05, 4.69) is 10.6 Å². The van der Waals surface area contributed by atoms with Crippen molar-refractivity contribution < 1.29 is 22.7 Å². The van der Waals surface area contributed by atoms with Crippen LogP contribution in [0, 0.1) is 5.92 Å². The molecule has 0 radical (unpaired) electrons. The Morgan fingerprint density at radius 1 is 1.08 bits per heavy atom. The van der Waals surface area contributed by atoms with E-state index in [-0.39, 0.29) is 29.8 Å². The van der Waals surface area contributed by atoms with Crippen LogP contribution in [-0.4, -0.2) is 86.1 Å². The Morgan fingerprint density at radius 2 is 1.85 bits per heavy atom. The molecule has 3 aromatic rings. The van der Waals surface area contributed by atoms with Gasteiger partial charge in [0.1, 0.15) is 11.6 Å². The van der Waals surface area contributed by atoms with Crippen LogP contribution in [0.2, 0.25) is 0 Å². The minimum atomic E-state index is -3.78. The van der Waals surface area contributed by atoms with Crippen LogP contribution in [0.25, 0.3) is 11.0 Å². The third-order valence-corrected chi connectivity index (χ3v) is 9.70. The predicted molar refractivity (Wildman–Crippen MR) is 148 cm³/mol. The molecule has 10 nitrogen and oxygen atoms in total. The Hall–Kier alpha value is -2.99. The van der Waals surface area contributed by atoms with E-state index in [9.17, 15) is 13.2 Å². The molecule has 2 saturated heterocycles. The molecule has 0 aliphatic carbocycles. The number of para-hydroxylation sites is 2. The lowest BCUT2D eigenvalue weighted by Crippen LogP contribution is -2.47. The molecule has 0 bridgehead atoms. The van der Waals surface area contributed by atoms with Gasteiger partial charge in [-0.25, -0.2) is 13.4 Å². The number of methoxy groups -OCH3 is 2. The molecule has 2 aliphatic rings. The Kier molecular flexibility index (Phi) is 8.22. The van der Waals surface area contributed by atoms with E-state index in [0.717, 1.165) is 42.7 Å². The first kappa shape index (κ1) is 27.6. The number of nitrogens with zero attached hydrogens (tertiary/aromatic N) is 4. The zero-order chi connectivity index (χ0) is 27.6. The van der Waals surface area contributed by atoms with Gasteiger partial charge in [-0.1, -0.05) is 12.1 Å². The van der Waals surface area contributed by atoms with Gasteiger partial charge >= 0.3 is 0 Å². The number of hydrogen-bond donors (Lipinski definition) is 1. The maximum atomic E-state index is 13.7. The highest BCUT2D eigenvalue weighted by molar-refractivity contribution is 7.89. The molecule has 1 unspecified atom stereocenters. The lowest BCUT2D eigenvalue weighted by molar-refractivity contribution is -0.136. The molecule has 1 aromatic heterocycles. The predicted octanol–water partition coefficient (Wildman–Crippen LogP) is 2.44. The highest BCUT2D eigenvalue weighted by atomic mass is 32.2. The number of imidazole rings is 1. The Morgan fingerprint density at radius 3 is 2.59 bits per heavy atom. The lowest BCUT2D eigenvalue weighted by atomic mass is 9.94. The number of benzene rings is 2. The molecule has 2 aliphatic heterocycles. The van der Waals surface area contributed by atoms with Crippen LogP contribution in [0.5, 0.6) is 5.75 Å². The van der Waals surface area contributed by atoms with E-state index in [0.29, 0.717) is 25.4 Å². The second kappa shape index (κ2) is 11.6. The van der Waals surface area contributed by atoms with Crippen LogP contribution in [0.4, 0.5) is 0 Å². The quantitative estimate of drug-likeness (QED) is 0.403. The smallest absolute Gasteiger partial charge is 0.243 e. The van der Waals surface area contributed by atoms with E-state index in [1.807, 2.05) is 23.1 Å². The van der Waals surface area contributed by atoms with Crippen LogP contribution < -0.4 is 10.5 Å². The largest absolute Gasteiger partial charge is 0.497 e. The number of likely N-dealkylation sites (tertiary alicyclic amines) is 1. The van der Waals surface area contributed by atoms with Gasteiger partial charge in [0.2, 0.25) is 15.9 Å². The zero-order valence-corrected chi connectivity index (χ0v) is 23.3. The first-order valence-electron chi connectivity index (χ1n) is 13.5. The SMILES string of the molecule is COCCCn1c(C2CCCN(C(=O)[C@@H]3CN(S(=O)(=O)c4ccc(OC)cc4)C[C@H]3N)C2)nc2ccccc21. The lowest BCUT2D eigenvalue weighted by Gasteiger charge is -2.35. The maximum Gasteiger partial charge on any atom is 0.243 e. The van der Waals surface area contributed by atoms with Gasteiger partial charge in [0.25, 0.3) is 0 Å². The number of carbonyl (C=O) groups excluding carboxylic acids is 1. The van der Waals surface area contributed by atoms with Gasteiger partial charge < -0.3 is 24.7 Å². The molecule has 3 heterocycles. The molecule has 1 amide bonds. The molecule has 2 fully saturated rings. The Balaban J connectivity index is 1.31. The number of aryl methyl sites for hydroxylation is 1. The van der Waals surface area contributed by atoms with E-state index in [1.165, 1.54) is 23.5 Å². The molecule has 39 heavy (non-hydrogen) atoms. The number of fused-ring (bicyclic) bond motifs is 1. The standard InChI is InChI=1S/C28H37N5O5S/c1-37-16-6-15-33-26-9-4-3-8-25(26)30-27(33)20-7-5-14-31(17-20)28(34)23-18-32(19-24(23)29)39(35,36)22-12-10-21(38-2)11-13-22/h3-4,8-13,20,23-24H,5-7,14-19,29H2,1-2H3/t20?,23-,24-/m1/s1. The fraction of sp³-hybridized carbons (Fsp3) is 0.500. The van der Waals surface area contributed by atoms with Crippen molar-refractivity contribution in [1.29, 1.82) is 0 Å². The van der Waals surface area contributed by atoms with Gasteiger partial charge in [-0.2, -0.15) is 4.31 Å². The number of amides is 1. The third-order valence-electron chi connectivity index (χ3n) is 7.86. The number of nitrogens with two attached hydrogens (primary N) is 1. The first-order valence-corrected chi connectivity index (χ1v) is 14.9. The van der Waals surface area contributed by atoms with Crippen LogP contribution in [0.3, 0.4) is 0 Å². The van der Waals surface area contributed by atoms with E-state index in [4.69, 9.17) is 20.2 Å². The fourth-order valence-electron chi connectivity index (χ4n) is 5.78. The van der Waals surface area contributed by atoms with Gasteiger partial charge in [0.05, 0.1) is 29.0 Å². The molecular formula is C28H37N5O5S. The summed E-state index contributed by atoms with van der Waals surface area (Å²) in [6, 6.07) is 13.8. The molecule has 2 N–H and O–H groups in total. The number of rotatable bonds is 9. The Labute approximate surface area is 229 Å². The van der Waals surface area contributed by atoms with Gasteiger partial charge in [-0.05, 0) is 55.7 Å². The summed E-state index contributed by atoms with van der Waals surface area (Å²) in [6.45, 7) is 2.81. The Bertz CT molecular complexity index is 1410. The average molecular weight is 556 g/mol. The van der Waals surface area contributed by atoms with Crippen LogP contribution in [0.15, 0.2) is 53.4 Å². The van der Waals surface area contributed by atoms with Crippen molar-refractivity contribution in [2.75, 3.05) is 47.0 Å². The highest BCUT2D eigenvalue weighted by Gasteiger charge is 2.43. The highest BCUT2D eigenvalue weighted by Crippen LogP contribution is 2.32. The molecule has 11 heteroatoms. The van der Waals surface area contributed by atoms with Crippen molar-refractivity contribution in [3.8, 4) is 5.75 Å². The zero-order valence-electron chi connectivity index (χ0n) is 22.5. The molecular weight excluding hydrogens is 518 g/mol. The molecule has 210 valence electrons. The summed E-state index contributed by atoms with van der Waals surface area (Å²) in [5.74, 6) is 0.990. The van der Waals surface area contributed by atoms with Gasteiger partial charge in [0.15, 0.2) is 0 Å². The first-order chi connectivity index (χ1) is 18.8. The summed E-state index contributed by atoms with van der Waals surface area (Å²) in [5, 5.41) is 0. The fourth-order valence-corrected chi connectivity index (χ4v) is 7.28. The van der Waals surface area contributed by atoms with E-state index >= 15 is 0 Å². The van der Waals surface area contributed by atoms with Crippen LogP contribution in [-0.2, 0) is 26.1 Å². The summed E-state index contributed by atoms with van der Waals surface area (Å²) >= 11 is 0. The summed E-state index contributed by atoms with van der Waals surface area (Å²) < 4.78 is 40.6. The maximum absolute atomic E-state index is 13.7. The van der Waals surface area contributed by atoms with E-state index in [1.54, 1.807) is 19.2 Å². The number of aromatic nitrogens is 2. The molecule has 5 rings (SSSR count). The third kappa shape index (κ3) is 5.54. The number of piperidine rings is 1. The minimum Gasteiger partial charge on any atom is -0.497 e. The molecule has 0 spiro atoms. The van der Waals surface area contributed by atoms with Crippen molar-refractivity contribution in [2.45, 2.75) is 42.7 Å². The molecule has 0 saturated carbocycles. The van der Waals surface area contributed by atoms with Crippen molar-refractivity contribution in [1.82, 2.24) is 18.8 Å². The van der Waals surface area contributed by atoms with Crippen LogP contribution in [0.1, 0.15) is 31.0 Å². The van der Waals surface area contributed by atoms with Gasteiger partial charge in [-0.15, -0.1) is 0 Å². The van der Waals surface area contributed by atoms with Crippen molar-refractivity contribution in [3.63, 3.8) is 0 Å². The number of carbonyl (C=O) groups is 1. The summed E-state index contributed by atoms with van der Waals surface area (Å²) in [5.41, 5.74) is 8.42.